The molecule has 2 aromatic carbocycles. The van der Waals surface area contributed by atoms with Gasteiger partial charge >= 0.3 is 0 Å². The Bertz CT molecular complexity index is 966. The molecule has 0 spiro atoms. The normalized spacial score (nSPS) is 24.0. The monoisotopic (exact) mass is 392 g/mol. The van der Waals surface area contributed by atoms with E-state index in [-0.39, 0.29) is 11.9 Å². The minimum atomic E-state index is 0.137. The molecule has 5 nitrogen and oxygen atoms in total. The van der Waals surface area contributed by atoms with Crippen molar-refractivity contribution in [2.45, 2.75) is 29.8 Å². The van der Waals surface area contributed by atoms with Gasteiger partial charge in [-0.3, -0.25) is 4.79 Å². The Morgan fingerprint density at radius 2 is 1.96 bits per heavy atom. The average Bonchev–Trinajstić information content (AvgIpc) is 3.41. The van der Waals surface area contributed by atoms with Gasteiger partial charge in [0.15, 0.2) is 5.16 Å². The van der Waals surface area contributed by atoms with Gasteiger partial charge in [0.25, 0.3) is 5.91 Å². The Kier molecular flexibility index (Phi) is 4.61. The van der Waals surface area contributed by atoms with Crippen molar-refractivity contribution in [1.29, 1.82) is 0 Å². The third kappa shape index (κ3) is 3.31. The molecular weight excluding hydrogens is 368 g/mol. The second-order valence-electron chi connectivity index (χ2n) is 7.92. The van der Waals surface area contributed by atoms with Gasteiger partial charge in [0.1, 0.15) is 0 Å². The van der Waals surface area contributed by atoms with Crippen molar-refractivity contribution in [2.24, 2.45) is 17.6 Å². The number of benzene rings is 2. The average molecular weight is 393 g/mol. The van der Waals surface area contributed by atoms with Gasteiger partial charge in [-0.15, -0.1) is 0 Å². The maximum absolute atomic E-state index is 12.8. The van der Waals surface area contributed by atoms with E-state index in [0.29, 0.717) is 11.8 Å². The van der Waals surface area contributed by atoms with Crippen molar-refractivity contribution >= 4 is 28.7 Å². The van der Waals surface area contributed by atoms with Gasteiger partial charge in [-0.05, 0) is 54.5 Å². The maximum atomic E-state index is 12.8. The van der Waals surface area contributed by atoms with E-state index in [4.69, 9.17) is 5.73 Å². The minimum absolute atomic E-state index is 0.137. The number of likely N-dealkylation sites (tertiary alicyclic amines) is 1. The number of rotatable bonds is 4. The van der Waals surface area contributed by atoms with Crippen LogP contribution in [0.15, 0.2) is 53.7 Å². The van der Waals surface area contributed by atoms with E-state index in [9.17, 15) is 4.79 Å². The number of nitrogens with zero attached hydrogens (tertiary/aromatic N) is 2. The van der Waals surface area contributed by atoms with Crippen LogP contribution in [0.3, 0.4) is 0 Å². The van der Waals surface area contributed by atoms with Crippen molar-refractivity contribution < 1.29 is 4.79 Å². The number of fused-ring (bicyclic) bond motifs is 2. The van der Waals surface area contributed by atoms with Crippen molar-refractivity contribution in [2.75, 3.05) is 13.1 Å². The molecule has 1 aromatic heterocycles. The van der Waals surface area contributed by atoms with Crippen LogP contribution in [0.5, 0.6) is 0 Å². The van der Waals surface area contributed by atoms with E-state index in [1.807, 2.05) is 53.4 Å². The Hall–Kier alpha value is -2.31. The summed E-state index contributed by atoms with van der Waals surface area (Å²) in [5, 5.41) is 0.918. The molecule has 1 saturated heterocycles. The number of H-pyrrole nitrogens is 1. The van der Waals surface area contributed by atoms with Gasteiger partial charge in [-0.1, -0.05) is 36.0 Å². The zero-order valence-electron chi connectivity index (χ0n) is 15.7. The summed E-state index contributed by atoms with van der Waals surface area (Å²) in [6.45, 7) is 1.68. The van der Waals surface area contributed by atoms with Gasteiger partial charge < -0.3 is 15.6 Å². The van der Waals surface area contributed by atoms with Gasteiger partial charge in [-0.2, -0.15) is 0 Å². The summed E-state index contributed by atoms with van der Waals surface area (Å²) in [5.74, 6) is 2.04. The number of nitrogens with one attached hydrogen (secondary N) is 1. The van der Waals surface area contributed by atoms with Crippen molar-refractivity contribution in [1.82, 2.24) is 14.9 Å². The highest BCUT2D eigenvalue weighted by molar-refractivity contribution is 7.98. The molecule has 2 aliphatic rings. The molecule has 3 N–H and O–H groups in total. The van der Waals surface area contributed by atoms with E-state index < -0.39 is 0 Å². The number of hydrogen-bond acceptors (Lipinski definition) is 4. The van der Waals surface area contributed by atoms with Gasteiger partial charge in [0, 0.05) is 30.4 Å². The molecule has 28 heavy (non-hydrogen) atoms. The molecule has 6 heteroatoms. The summed E-state index contributed by atoms with van der Waals surface area (Å²) in [4.78, 5) is 22.8. The van der Waals surface area contributed by atoms with Crippen LogP contribution < -0.4 is 5.73 Å². The lowest BCUT2D eigenvalue weighted by Gasteiger charge is -2.19. The highest BCUT2D eigenvalue weighted by Gasteiger charge is 2.42. The van der Waals surface area contributed by atoms with Crippen molar-refractivity contribution in [3.63, 3.8) is 0 Å². The molecule has 0 bridgehead atoms. The first-order chi connectivity index (χ1) is 13.7. The Labute approximate surface area is 168 Å². The summed E-state index contributed by atoms with van der Waals surface area (Å²) in [6, 6.07) is 16.3. The minimum Gasteiger partial charge on any atom is -0.338 e. The largest absolute Gasteiger partial charge is 0.338 e. The van der Waals surface area contributed by atoms with Crippen LogP contribution in [0.4, 0.5) is 0 Å². The fraction of sp³-hybridized carbons (Fsp3) is 0.364. The molecule has 144 valence electrons. The Balaban J connectivity index is 1.21. The molecular formula is C22H24N4OS. The molecule has 3 unspecified atom stereocenters. The number of carbonyl (C=O) groups is 1. The number of aromatic nitrogens is 2. The van der Waals surface area contributed by atoms with Crippen LogP contribution in [0.25, 0.3) is 11.0 Å². The number of imidazole rings is 1. The van der Waals surface area contributed by atoms with Crippen LogP contribution in [-0.2, 0) is 5.75 Å². The number of para-hydroxylation sites is 2. The molecule has 2 heterocycles. The summed E-state index contributed by atoms with van der Waals surface area (Å²) in [7, 11) is 0. The smallest absolute Gasteiger partial charge is 0.253 e. The molecule has 1 amide bonds. The summed E-state index contributed by atoms with van der Waals surface area (Å²) in [5.41, 5.74) is 10.2. The lowest BCUT2D eigenvalue weighted by Crippen LogP contribution is -2.33. The lowest BCUT2D eigenvalue weighted by atomic mass is 9.98. The van der Waals surface area contributed by atoms with Gasteiger partial charge in [0.05, 0.1) is 11.0 Å². The van der Waals surface area contributed by atoms with Crippen molar-refractivity contribution in [3.8, 4) is 0 Å². The van der Waals surface area contributed by atoms with Crippen LogP contribution >= 0.6 is 11.8 Å². The fourth-order valence-electron chi connectivity index (χ4n) is 4.55. The van der Waals surface area contributed by atoms with Crippen LogP contribution in [0.2, 0.25) is 0 Å². The molecule has 3 aromatic rings. The van der Waals surface area contributed by atoms with E-state index >= 15 is 0 Å². The molecule has 0 radical (unpaired) electrons. The second-order valence-corrected chi connectivity index (χ2v) is 8.88. The molecule has 5 rings (SSSR count). The first-order valence-electron chi connectivity index (χ1n) is 9.89. The molecule has 1 aliphatic heterocycles. The molecule has 1 saturated carbocycles. The number of nitrogens with two attached hydrogens (primary N) is 1. The van der Waals surface area contributed by atoms with Crippen molar-refractivity contribution in [3.05, 3.63) is 59.7 Å². The molecule has 1 aliphatic carbocycles. The summed E-state index contributed by atoms with van der Waals surface area (Å²) < 4.78 is 0. The topological polar surface area (TPSA) is 75.0 Å². The Morgan fingerprint density at radius 1 is 1.14 bits per heavy atom. The van der Waals surface area contributed by atoms with E-state index in [1.165, 1.54) is 5.56 Å². The van der Waals surface area contributed by atoms with Crippen LogP contribution in [0.1, 0.15) is 28.8 Å². The number of thioether (sulfide) groups is 1. The van der Waals surface area contributed by atoms with E-state index in [1.54, 1.807) is 11.8 Å². The van der Waals surface area contributed by atoms with E-state index in [2.05, 4.69) is 9.97 Å². The van der Waals surface area contributed by atoms with Crippen LogP contribution in [0, 0.1) is 11.8 Å². The predicted octanol–water partition coefficient (Wildman–Crippen LogP) is 3.66. The number of amides is 1. The second kappa shape index (κ2) is 7.26. The maximum Gasteiger partial charge on any atom is 0.253 e. The lowest BCUT2D eigenvalue weighted by molar-refractivity contribution is 0.0779. The quantitative estimate of drug-likeness (QED) is 0.665. The first-order valence-corrected chi connectivity index (χ1v) is 10.9. The van der Waals surface area contributed by atoms with Crippen LogP contribution in [-0.4, -0.2) is 39.9 Å². The number of aromatic amines is 1. The highest BCUT2D eigenvalue weighted by Crippen LogP contribution is 2.37. The number of hydrogen-bond donors (Lipinski definition) is 2. The highest BCUT2D eigenvalue weighted by atomic mass is 32.2. The molecule has 3 atom stereocenters. The fourth-order valence-corrected chi connectivity index (χ4v) is 5.39. The summed E-state index contributed by atoms with van der Waals surface area (Å²) >= 11 is 1.67. The zero-order chi connectivity index (χ0) is 19.1. The predicted molar refractivity (Wildman–Crippen MR) is 112 cm³/mol. The third-order valence-corrected chi connectivity index (χ3v) is 7.09. The van der Waals surface area contributed by atoms with Gasteiger partial charge in [-0.25, -0.2) is 4.98 Å². The standard InChI is InChI=1S/C22H24N4OS/c23-18-10-9-16-11-26(12-17(16)18)21(27)15-7-5-14(6-8-15)13-28-22-24-19-3-1-2-4-20(19)25-22/h1-8,16-18H,9-13,23H2,(H,24,25). The third-order valence-electron chi connectivity index (χ3n) is 6.14. The first kappa shape index (κ1) is 17.8. The SMILES string of the molecule is NC1CCC2CN(C(=O)c3ccc(CSc4nc5ccccc5[nH]4)cc3)CC12. The summed E-state index contributed by atoms with van der Waals surface area (Å²) in [6.07, 6.45) is 2.27. The number of carbonyl (C=O) groups excluding carboxylic acids is 1. The van der Waals surface area contributed by atoms with E-state index in [0.717, 1.165) is 53.4 Å². The Morgan fingerprint density at radius 3 is 2.75 bits per heavy atom. The van der Waals surface area contributed by atoms with Gasteiger partial charge in [0.2, 0.25) is 0 Å². The molecule has 2 fully saturated rings. The zero-order valence-corrected chi connectivity index (χ0v) is 16.5.